The SMILES string of the molecule is Cc1ccc(C(=O)c2ccoc2)c(C)c1. The molecule has 0 saturated carbocycles. The Kier molecular flexibility index (Phi) is 2.42. The quantitative estimate of drug-likeness (QED) is 0.697. The minimum atomic E-state index is 0.0150. The summed E-state index contributed by atoms with van der Waals surface area (Å²) in [4.78, 5) is 12.0. The van der Waals surface area contributed by atoms with Crippen molar-refractivity contribution >= 4 is 5.78 Å². The van der Waals surface area contributed by atoms with Gasteiger partial charge in [-0.1, -0.05) is 23.8 Å². The number of carbonyl (C=O) groups excluding carboxylic acids is 1. The van der Waals surface area contributed by atoms with Crippen LogP contribution in [0.5, 0.6) is 0 Å². The number of hydrogen-bond donors (Lipinski definition) is 0. The number of hydrogen-bond acceptors (Lipinski definition) is 2. The number of rotatable bonds is 2. The average molecular weight is 200 g/mol. The van der Waals surface area contributed by atoms with E-state index in [0.29, 0.717) is 5.56 Å². The summed E-state index contributed by atoms with van der Waals surface area (Å²) in [7, 11) is 0. The largest absolute Gasteiger partial charge is 0.472 e. The van der Waals surface area contributed by atoms with Gasteiger partial charge in [-0.15, -0.1) is 0 Å². The van der Waals surface area contributed by atoms with Crippen LogP contribution in [0, 0.1) is 13.8 Å². The van der Waals surface area contributed by atoms with Gasteiger partial charge in [-0.25, -0.2) is 0 Å². The van der Waals surface area contributed by atoms with E-state index in [0.717, 1.165) is 16.7 Å². The molecule has 1 aromatic heterocycles. The highest BCUT2D eigenvalue weighted by Gasteiger charge is 2.12. The van der Waals surface area contributed by atoms with Gasteiger partial charge in [-0.05, 0) is 25.5 Å². The van der Waals surface area contributed by atoms with Crippen molar-refractivity contribution in [1.82, 2.24) is 0 Å². The van der Waals surface area contributed by atoms with Crippen LogP contribution in [-0.2, 0) is 0 Å². The fraction of sp³-hybridized carbons (Fsp3) is 0.154. The molecule has 0 amide bonds. The average Bonchev–Trinajstić information content (AvgIpc) is 2.69. The fourth-order valence-corrected chi connectivity index (χ4v) is 1.62. The van der Waals surface area contributed by atoms with Crippen LogP contribution in [-0.4, -0.2) is 5.78 Å². The van der Waals surface area contributed by atoms with Crippen LogP contribution in [0.3, 0.4) is 0 Å². The normalized spacial score (nSPS) is 10.3. The van der Waals surface area contributed by atoms with E-state index < -0.39 is 0 Å². The zero-order valence-corrected chi connectivity index (χ0v) is 8.78. The molecule has 76 valence electrons. The molecule has 1 heterocycles. The number of aryl methyl sites for hydroxylation is 2. The minimum absolute atomic E-state index is 0.0150. The van der Waals surface area contributed by atoms with Crippen LogP contribution >= 0.6 is 0 Å². The highest BCUT2D eigenvalue weighted by Crippen LogP contribution is 2.15. The lowest BCUT2D eigenvalue weighted by atomic mass is 9.99. The van der Waals surface area contributed by atoms with Gasteiger partial charge in [0.15, 0.2) is 5.78 Å². The Morgan fingerprint density at radius 2 is 2.00 bits per heavy atom. The van der Waals surface area contributed by atoms with E-state index >= 15 is 0 Å². The molecule has 2 nitrogen and oxygen atoms in total. The van der Waals surface area contributed by atoms with Crippen LogP contribution < -0.4 is 0 Å². The van der Waals surface area contributed by atoms with E-state index in [1.54, 1.807) is 6.07 Å². The molecule has 0 radical (unpaired) electrons. The topological polar surface area (TPSA) is 30.2 Å². The summed E-state index contributed by atoms with van der Waals surface area (Å²) >= 11 is 0. The van der Waals surface area contributed by atoms with Crippen molar-refractivity contribution in [1.29, 1.82) is 0 Å². The van der Waals surface area contributed by atoms with Crippen LogP contribution in [0.15, 0.2) is 41.2 Å². The molecular weight excluding hydrogens is 188 g/mol. The molecule has 0 unspecified atom stereocenters. The molecule has 2 heteroatoms. The second kappa shape index (κ2) is 3.73. The Morgan fingerprint density at radius 3 is 2.60 bits per heavy atom. The molecule has 0 atom stereocenters. The first kappa shape index (κ1) is 9.71. The van der Waals surface area contributed by atoms with Gasteiger partial charge in [0.2, 0.25) is 0 Å². The maximum absolute atomic E-state index is 12.0. The Balaban J connectivity index is 2.42. The molecule has 0 aliphatic rings. The number of benzene rings is 1. The zero-order chi connectivity index (χ0) is 10.8. The monoisotopic (exact) mass is 200 g/mol. The maximum atomic E-state index is 12.0. The van der Waals surface area contributed by atoms with Crippen molar-refractivity contribution in [3.8, 4) is 0 Å². The molecular formula is C13H12O2. The molecule has 0 spiro atoms. The van der Waals surface area contributed by atoms with E-state index in [9.17, 15) is 4.79 Å². The van der Waals surface area contributed by atoms with Crippen molar-refractivity contribution in [2.45, 2.75) is 13.8 Å². The minimum Gasteiger partial charge on any atom is -0.472 e. The lowest BCUT2D eigenvalue weighted by Gasteiger charge is -2.03. The third-order valence-electron chi connectivity index (χ3n) is 2.41. The molecule has 2 rings (SSSR count). The lowest BCUT2D eigenvalue weighted by molar-refractivity contribution is 0.103. The van der Waals surface area contributed by atoms with Crippen molar-refractivity contribution < 1.29 is 9.21 Å². The van der Waals surface area contributed by atoms with Crippen molar-refractivity contribution in [2.75, 3.05) is 0 Å². The Morgan fingerprint density at radius 1 is 1.20 bits per heavy atom. The van der Waals surface area contributed by atoms with Crippen LogP contribution in [0.1, 0.15) is 27.0 Å². The van der Waals surface area contributed by atoms with E-state index in [1.807, 2.05) is 32.0 Å². The summed E-state index contributed by atoms with van der Waals surface area (Å²) in [5.41, 5.74) is 3.50. The molecule has 0 saturated heterocycles. The van der Waals surface area contributed by atoms with E-state index in [2.05, 4.69) is 0 Å². The van der Waals surface area contributed by atoms with Gasteiger partial charge >= 0.3 is 0 Å². The van der Waals surface area contributed by atoms with Crippen molar-refractivity contribution in [2.24, 2.45) is 0 Å². The number of furan rings is 1. The zero-order valence-electron chi connectivity index (χ0n) is 8.78. The van der Waals surface area contributed by atoms with E-state index in [-0.39, 0.29) is 5.78 Å². The summed E-state index contributed by atoms with van der Waals surface area (Å²) in [5.74, 6) is 0.0150. The van der Waals surface area contributed by atoms with Gasteiger partial charge in [0.1, 0.15) is 6.26 Å². The standard InChI is InChI=1S/C13H12O2/c1-9-3-4-12(10(2)7-9)13(14)11-5-6-15-8-11/h3-8H,1-2H3. The first-order valence-electron chi connectivity index (χ1n) is 4.82. The van der Waals surface area contributed by atoms with E-state index in [1.165, 1.54) is 12.5 Å². The van der Waals surface area contributed by atoms with Crippen LogP contribution in [0.25, 0.3) is 0 Å². The van der Waals surface area contributed by atoms with Gasteiger partial charge in [-0.3, -0.25) is 4.79 Å². The highest BCUT2D eigenvalue weighted by molar-refractivity contribution is 6.09. The molecule has 1 aromatic carbocycles. The van der Waals surface area contributed by atoms with Crippen molar-refractivity contribution in [3.63, 3.8) is 0 Å². The summed E-state index contributed by atoms with van der Waals surface area (Å²) in [6, 6.07) is 7.50. The molecule has 0 N–H and O–H groups in total. The second-order valence-electron chi connectivity index (χ2n) is 3.66. The highest BCUT2D eigenvalue weighted by atomic mass is 16.3. The molecule has 2 aromatic rings. The third-order valence-corrected chi connectivity index (χ3v) is 2.41. The van der Waals surface area contributed by atoms with Gasteiger partial charge in [-0.2, -0.15) is 0 Å². The Bertz CT molecular complexity index is 481. The fourth-order valence-electron chi connectivity index (χ4n) is 1.62. The lowest BCUT2D eigenvalue weighted by Crippen LogP contribution is -2.02. The van der Waals surface area contributed by atoms with Gasteiger partial charge in [0.05, 0.1) is 11.8 Å². The van der Waals surface area contributed by atoms with Gasteiger partial charge < -0.3 is 4.42 Å². The maximum Gasteiger partial charge on any atom is 0.196 e. The first-order chi connectivity index (χ1) is 7.18. The summed E-state index contributed by atoms with van der Waals surface area (Å²) in [6.45, 7) is 3.96. The second-order valence-corrected chi connectivity index (χ2v) is 3.66. The van der Waals surface area contributed by atoms with E-state index in [4.69, 9.17) is 4.42 Å². The van der Waals surface area contributed by atoms with Crippen LogP contribution in [0.2, 0.25) is 0 Å². The smallest absolute Gasteiger partial charge is 0.196 e. The van der Waals surface area contributed by atoms with Gasteiger partial charge in [0.25, 0.3) is 0 Å². The predicted octanol–water partition coefficient (Wildman–Crippen LogP) is 3.13. The van der Waals surface area contributed by atoms with Crippen molar-refractivity contribution in [3.05, 3.63) is 59.0 Å². The Labute approximate surface area is 88.5 Å². The molecule has 0 aliphatic carbocycles. The molecule has 15 heavy (non-hydrogen) atoms. The summed E-state index contributed by atoms with van der Waals surface area (Å²) in [6.07, 6.45) is 2.98. The van der Waals surface area contributed by atoms with Gasteiger partial charge in [0, 0.05) is 5.56 Å². The Hall–Kier alpha value is -1.83. The molecule has 0 aliphatic heterocycles. The summed E-state index contributed by atoms with van der Waals surface area (Å²) < 4.78 is 4.90. The molecule has 0 bridgehead atoms. The van der Waals surface area contributed by atoms with Crippen LogP contribution in [0.4, 0.5) is 0 Å². The number of carbonyl (C=O) groups is 1. The summed E-state index contributed by atoms with van der Waals surface area (Å²) in [5, 5.41) is 0. The first-order valence-corrected chi connectivity index (χ1v) is 4.82. The predicted molar refractivity (Wildman–Crippen MR) is 58.1 cm³/mol. The molecule has 0 fully saturated rings. The number of ketones is 1. The third kappa shape index (κ3) is 1.84.